The van der Waals surface area contributed by atoms with Crippen molar-refractivity contribution >= 4 is 27.5 Å². The van der Waals surface area contributed by atoms with Gasteiger partial charge in [-0.2, -0.15) is 0 Å². The van der Waals surface area contributed by atoms with Crippen LogP contribution in [0.1, 0.15) is 19.4 Å². The van der Waals surface area contributed by atoms with Gasteiger partial charge in [0, 0.05) is 5.69 Å². The fourth-order valence-electron chi connectivity index (χ4n) is 2.06. The molecule has 2 aromatic carbocycles. The van der Waals surface area contributed by atoms with Crippen molar-refractivity contribution in [1.82, 2.24) is 0 Å². The lowest BCUT2D eigenvalue weighted by Gasteiger charge is -2.10. The third-order valence-corrected chi connectivity index (χ3v) is 4.01. The Labute approximate surface area is 157 Å². The monoisotopic (exact) mass is 403 g/mol. The topological polar surface area (TPSA) is 47.6 Å². The Kier molecular flexibility index (Phi) is 7.07. The van der Waals surface area contributed by atoms with Crippen LogP contribution >= 0.6 is 15.9 Å². The van der Waals surface area contributed by atoms with Crippen LogP contribution in [0.15, 0.2) is 59.1 Å². The Morgan fingerprint density at radius 1 is 1.12 bits per heavy atom. The van der Waals surface area contributed by atoms with Crippen LogP contribution in [0.3, 0.4) is 0 Å². The minimum atomic E-state index is -0.220. The zero-order valence-corrected chi connectivity index (χ0v) is 16.1. The van der Waals surface area contributed by atoms with Crippen LogP contribution in [0.25, 0.3) is 0 Å². The molecule has 2 rings (SSSR count). The summed E-state index contributed by atoms with van der Waals surface area (Å²) >= 11 is 3.46. The van der Waals surface area contributed by atoms with Gasteiger partial charge in [-0.3, -0.25) is 4.79 Å². The predicted molar refractivity (Wildman–Crippen MR) is 104 cm³/mol. The quantitative estimate of drug-likeness (QED) is 0.631. The van der Waals surface area contributed by atoms with Gasteiger partial charge in [-0.25, -0.2) is 0 Å². The first-order valence-corrected chi connectivity index (χ1v) is 8.85. The molecule has 25 heavy (non-hydrogen) atoms. The Hall–Kier alpha value is -2.27. The Morgan fingerprint density at radius 2 is 1.84 bits per heavy atom. The highest BCUT2D eigenvalue weighted by molar-refractivity contribution is 9.10. The van der Waals surface area contributed by atoms with Crippen molar-refractivity contribution in [3.8, 4) is 11.5 Å². The van der Waals surface area contributed by atoms with Crippen molar-refractivity contribution in [3.05, 3.63) is 64.7 Å². The van der Waals surface area contributed by atoms with E-state index in [1.54, 1.807) is 24.3 Å². The number of anilines is 1. The molecule has 0 spiro atoms. The summed E-state index contributed by atoms with van der Waals surface area (Å²) in [6.07, 6.45) is 0.950. The lowest BCUT2D eigenvalue weighted by atomic mass is 10.2. The normalized spacial score (nSPS) is 10.2. The highest BCUT2D eigenvalue weighted by Gasteiger charge is 2.07. The Balaban J connectivity index is 1.84. The third kappa shape index (κ3) is 6.27. The number of ether oxygens (including phenoxy) is 2. The molecule has 0 aliphatic heterocycles. The molecule has 132 valence electrons. The molecule has 5 heteroatoms. The summed E-state index contributed by atoms with van der Waals surface area (Å²) < 4.78 is 11.9. The molecule has 0 atom stereocenters. The van der Waals surface area contributed by atoms with Gasteiger partial charge in [0.1, 0.15) is 18.1 Å². The molecule has 0 saturated heterocycles. The van der Waals surface area contributed by atoms with E-state index in [1.165, 1.54) is 5.56 Å². The molecule has 0 aliphatic rings. The van der Waals surface area contributed by atoms with Gasteiger partial charge in [0.15, 0.2) is 6.61 Å². The molecule has 0 aliphatic carbocycles. The molecule has 4 nitrogen and oxygen atoms in total. The maximum absolute atomic E-state index is 12.0. The largest absolute Gasteiger partial charge is 0.489 e. The van der Waals surface area contributed by atoms with Crippen LogP contribution in [0.4, 0.5) is 5.69 Å². The van der Waals surface area contributed by atoms with E-state index in [1.807, 2.05) is 25.1 Å². The number of carbonyl (C=O) groups is 1. The van der Waals surface area contributed by atoms with Crippen LogP contribution in [0.2, 0.25) is 0 Å². The van der Waals surface area contributed by atoms with Gasteiger partial charge in [0.05, 0.1) is 4.47 Å². The van der Waals surface area contributed by atoms with Crippen LogP contribution in [-0.4, -0.2) is 19.1 Å². The number of nitrogens with one attached hydrogen (secondary N) is 1. The van der Waals surface area contributed by atoms with Gasteiger partial charge < -0.3 is 14.8 Å². The van der Waals surface area contributed by atoms with E-state index < -0.39 is 0 Å². The van der Waals surface area contributed by atoms with Gasteiger partial charge in [-0.1, -0.05) is 19.6 Å². The minimum absolute atomic E-state index is 0.0576. The summed E-state index contributed by atoms with van der Waals surface area (Å²) in [5.74, 6) is 1.16. The van der Waals surface area contributed by atoms with Crippen LogP contribution in [0.5, 0.6) is 11.5 Å². The first-order valence-electron chi connectivity index (χ1n) is 8.06. The highest BCUT2D eigenvalue weighted by Crippen LogP contribution is 2.26. The molecule has 0 saturated carbocycles. The van der Waals surface area contributed by atoms with Gasteiger partial charge in [0.25, 0.3) is 5.91 Å². The molecule has 0 unspecified atom stereocenters. The number of benzene rings is 2. The fourth-order valence-corrected chi connectivity index (χ4v) is 2.60. The molecular weight excluding hydrogens is 382 g/mol. The SMILES string of the molecule is C=C(C)COc1ccc(NC(=O)COc2ccc(CC)cc2Br)cc1. The number of rotatable bonds is 8. The van der Waals surface area contributed by atoms with E-state index in [0.29, 0.717) is 18.0 Å². The van der Waals surface area contributed by atoms with E-state index in [4.69, 9.17) is 9.47 Å². The number of carbonyl (C=O) groups excluding carboxylic acids is 1. The first kappa shape index (κ1) is 19.1. The zero-order valence-electron chi connectivity index (χ0n) is 14.5. The van der Waals surface area contributed by atoms with E-state index in [2.05, 4.69) is 34.7 Å². The van der Waals surface area contributed by atoms with Crippen LogP contribution < -0.4 is 14.8 Å². The van der Waals surface area contributed by atoms with Crippen molar-refractivity contribution in [3.63, 3.8) is 0 Å². The van der Waals surface area contributed by atoms with Crippen LogP contribution in [-0.2, 0) is 11.2 Å². The summed E-state index contributed by atoms with van der Waals surface area (Å²) in [5.41, 5.74) is 2.85. The second-order valence-corrected chi connectivity index (χ2v) is 6.58. The van der Waals surface area contributed by atoms with Crippen molar-refractivity contribution in [2.45, 2.75) is 20.3 Å². The van der Waals surface area contributed by atoms with E-state index in [-0.39, 0.29) is 12.5 Å². The second kappa shape index (κ2) is 9.28. The molecule has 0 aromatic heterocycles. The number of hydrogen-bond acceptors (Lipinski definition) is 3. The van der Waals surface area contributed by atoms with E-state index in [9.17, 15) is 4.79 Å². The highest BCUT2D eigenvalue weighted by atomic mass is 79.9. The Bertz CT molecular complexity index is 741. The zero-order chi connectivity index (χ0) is 18.2. The summed E-state index contributed by atoms with van der Waals surface area (Å²) in [6.45, 7) is 8.20. The van der Waals surface area contributed by atoms with Gasteiger partial charge in [-0.15, -0.1) is 0 Å². The smallest absolute Gasteiger partial charge is 0.262 e. The molecule has 0 fully saturated rings. The predicted octanol–water partition coefficient (Wildman–Crippen LogP) is 4.98. The summed E-state index contributed by atoms with van der Waals surface area (Å²) in [6, 6.07) is 13.0. The van der Waals surface area contributed by atoms with E-state index in [0.717, 1.165) is 22.2 Å². The second-order valence-electron chi connectivity index (χ2n) is 5.73. The minimum Gasteiger partial charge on any atom is -0.489 e. The average Bonchev–Trinajstić information content (AvgIpc) is 2.60. The van der Waals surface area contributed by atoms with Gasteiger partial charge in [-0.05, 0) is 76.8 Å². The van der Waals surface area contributed by atoms with Gasteiger partial charge in [0.2, 0.25) is 0 Å². The van der Waals surface area contributed by atoms with Gasteiger partial charge >= 0.3 is 0 Å². The third-order valence-electron chi connectivity index (χ3n) is 3.39. The molecule has 1 N–H and O–H groups in total. The first-order chi connectivity index (χ1) is 12.0. The maximum Gasteiger partial charge on any atom is 0.262 e. The maximum atomic E-state index is 12.0. The average molecular weight is 404 g/mol. The summed E-state index contributed by atoms with van der Waals surface area (Å²) in [4.78, 5) is 12.0. The lowest BCUT2D eigenvalue weighted by molar-refractivity contribution is -0.118. The molecular formula is C20H22BrNO3. The van der Waals surface area contributed by atoms with Crippen molar-refractivity contribution < 1.29 is 14.3 Å². The summed E-state index contributed by atoms with van der Waals surface area (Å²) in [7, 11) is 0. The van der Waals surface area contributed by atoms with Crippen LogP contribution in [0, 0.1) is 0 Å². The molecule has 0 radical (unpaired) electrons. The molecule has 2 aromatic rings. The number of amides is 1. The van der Waals surface area contributed by atoms with Crippen molar-refractivity contribution in [2.75, 3.05) is 18.5 Å². The molecule has 1 amide bonds. The van der Waals surface area contributed by atoms with E-state index >= 15 is 0 Å². The lowest BCUT2D eigenvalue weighted by Crippen LogP contribution is -2.20. The molecule has 0 heterocycles. The molecule has 0 bridgehead atoms. The van der Waals surface area contributed by atoms with Crippen molar-refractivity contribution in [1.29, 1.82) is 0 Å². The fraction of sp³-hybridized carbons (Fsp3) is 0.250. The Morgan fingerprint density at radius 3 is 2.44 bits per heavy atom. The number of halogens is 1. The number of hydrogen-bond donors (Lipinski definition) is 1. The standard InChI is InChI=1S/C20H22BrNO3/c1-4-15-5-10-19(18(21)11-15)25-13-20(23)22-16-6-8-17(9-7-16)24-12-14(2)3/h5-11H,2,4,12-13H2,1,3H3,(H,22,23). The number of aryl methyl sites for hydroxylation is 1. The van der Waals surface area contributed by atoms with Crippen molar-refractivity contribution in [2.24, 2.45) is 0 Å². The summed E-state index contributed by atoms with van der Waals surface area (Å²) in [5, 5.41) is 2.79.